The molecule has 0 aliphatic carbocycles. The van der Waals surface area contributed by atoms with Crippen LogP contribution in [0, 0.1) is 0 Å². The minimum atomic E-state index is -4.42. The molecule has 2 aromatic carbocycles. The average molecular weight is 302 g/mol. The molecule has 2 rings (SSSR count). The second-order valence-electron chi connectivity index (χ2n) is 4.33. The summed E-state index contributed by atoms with van der Waals surface area (Å²) in [7, 11) is 1.28. The maximum Gasteiger partial charge on any atom is 0.416 e. The maximum absolute atomic E-state index is 12.9. The molecule has 0 fully saturated rings. The van der Waals surface area contributed by atoms with Gasteiger partial charge in [0.25, 0.3) is 6.43 Å². The van der Waals surface area contributed by atoms with Crippen molar-refractivity contribution in [1.29, 1.82) is 0 Å². The molecule has 0 amide bonds. The van der Waals surface area contributed by atoms with E-state index in [0.29, 0.717) is 11.1 Å². The Morgan fingerprint density at radius 2 is 1.48 bits per heavy atom. The monoisotopic (exact) mass is 302 g/mol. The standard InChI is InChI=1S/C15H11F5O/c1-21-13-7-4-10(8-12(13)14(16)17)9-2-5-11(6-3-9)15(18,19)20/h2-8,14H,1H3. The summed E-state index contributed by atoms with van der Waals surface area (Å²) in [4.78, 5) is 0. The summed E-state index contributed by atoms with van der Waals surface area (Å²) >= 11 is 0. The number of ether oxygens (including phenoxy) is 1. The lowest BCUT2D eigenvalue weighted by atomic mass is 10.0. The predicted octanol–water partition coefficient (Wildman–Crippen LogP) is 5.32. The smallest absolute Gasteiger partial charge is 0.416 e. The fourth-order valence-electron chi connectivity index (χ4n) is 1.94. The Hall–Kier alpha value is -2.11. The first-order valence-corrected chi connectivity index (χ1v) is 5.96. The van der Waals surface area contributed by atoms with Crippen LogP contribution in [0.15, 0.2) is 42.5 Å². The van der Waals surface area contributed by atoms with Crippen molar-refractivity contribution >= 4 is 0 Å². The summed E-state index contributed by atoms with van der Waals surface area (Å²) in [5, 5.41) is 0. The first kappa shape index (κ1) is 15.3. The number of benzene rings is 2. The van der Waals surface area contributed by atoms with Gasteiger partial charge in [-0.1, -0.05) is 18.2 Å². The second kappa shape index (κ2) is 5.71. The molecule has 0 bridgehead atoms. The van der Waals surface area contributed by atoms with Gasteiger partial charge in [0.05, 0.1) is 18.2 Å². The molecule has 6 heteroatoms. The number of halogens is 5. The molecule has 0 spiro atoms. The van der Waals surface area contributed by atoms with Gasteiger partial charge in [-0.2, -0.15) is 13.2 Å². The third-order valence-corrected chi connectivity index (χ3v) is 3.01. The van der Waals surface area contributed by atoms with Crippen molar-refractivity contribution in [2.24, 2.45) is 0 Å². The molecule has 1 nitrogen and oxygen atoms in total. The van der Waals surface area contributed by atoms with E-state index in [1.54, 1.807) is 0 Å². The average Bonchev–Trinajstić information content (AvgIpc) is 2.45. The van der Waals surface area contributed by atoms with E-state index < -0.39 is 18.2 Å². The third kappa shape index (κ3) is 3.32. The van der Waals surface area contributed by atoms with Crippen LogP contribution in [0.1, 0.15) is 17.6 Å². The zero-order valence-electron chi connectivity index (χ0n) is 10.9. The Kier molecular flexibility index (Phi) is 4.16. The van der Waals surface area contributed by atoms with Gasteiger partial charge >= 0.3 is 6.18 Å². The van der Waals surface area contributed by atoms with E-state index in [1.165, 1.54) is 37.4 Å². The highest BCUT2D eigenvalue weighted by Gasteiger charge is 2.30. The molecule has 0 aliphatic rings. The molecule has 21 heavy (non-hydrogen) atoms. The molecule has 0 N–H and O–H groups in total. The molecule has 0 aliphatic heterocycles. The molecular formula is C15H11F5O. The summed E-state index contributed by atoms with van der Waals surface area (Å²) in [5.41, 5.74) is -0.254. The Balaban J connectivity index is 2.40. The van der Waals surface area contributed by atoms with Gasteiger partial charge < -0.3 is 4.74 Å². The van der Waals surface area contributed by atoms with Crippen molar-refractivity contribution in [3.05, 3.63) is 53.6 Å². The van der Waals surface area contributed by atoms with Gasteiger partial charge in [-0.25, -0.2) is 8.78 Å². The Morgan fingerprint density at radius 1 is 0.905 bits per heavy atom. The van der Waals surface area contributed by atoms with Crippen LogP contribution in [0.2, 0.25) is 0 Å². The molecule has 0 unspecified atom stereocenters. The summed E-state index contributed by atoms with van der Waals surface area (Å²) in [6.07, 6.45) is -7.15. The molecule has 112 valence electrons. The van der Waals surface area contributed by atoms with E-state index in [9.17, 15) is 22.0 Å². The Labute approximate surface area is 118 Å². The number of methoxy groups -OCH3 is 1. The van der Waals surface area contributed by atoms with Gasteiger partial charge in [0.2, 0.25) is 0 Å². The lowest BCUT2D eigenvalue weighted by Gasteiger charge is -2.11. The van der Waals surface area contributed by atoms with Crippen LogP contribution in [0.25, 0.3) is 11.1 Å². The van der Waals surface area contributed by atoms with Crippen LogP contribution in [0.3, 0.4) is 0 Å². The van der Waals surface area contributed by atoms with Crippen molar-refractivity contribution < 1.29 is 26.7 Å². The molecule has 0 saturated carbocycles. The first-order valence-electron chi connectivity index (χ1n) is 5.96. The molecule has 2 aromatic rings. The van der Waals surface area contributed by atoms with Crippen molar-refractivity contribution in [3.63, 3.8) is 0 Å². The van der Waals surface area contributed by atoms with Crippen LogP contribution in [0.4, 0.5) is 22.0 Å². The molecule has 0 radical (unpaired) electrons. The lowest BCUT2D eigenvalue weighted by molar-refractivity contribution is -0.137. The first-order chi connectivity index (χ1) is 9.82. The summed E-state index contributed by atoms with van der Waals surface area (Å²) in [6, 6.07) is 8.44. The Bertz CT molecular complexity index is 617. The van der Waals surface area contributed by atoms with Crippen molar-refractivity contribution in [2.45, 2.75) is 12.6 Å². The third-order valence-electron chi connectivity index (χ3n) is 3.01. The van der Waals surface area contributed by atoms with Crippen LogP contribution in [0.5, 0.6) is 5.75 Å². The Morgan fingerprint density at radius 3 is 1.95 bits per heavy atom. The predicted molar refractivity (Wildman–Crippen MR) is 68.4 cm³/mol. The van der Waals surface area contributed by atoms with Crippen LogP contribution < -0.4 is 4.74 Å². The van der Waals surface area contributed by atoms with Crippen molar-refractivity contribution in [2.75, 3.05) is 7.11 Å². The van der Waals surface area contributed by atoms with Gasteiger partial charge in [-0.15, -0.1) is 0 Å². The fourth-order valence-corrected chi connectivity index (χ4v) is 1.94. The molecule has 0 aromatic heterocycles. The molecule has 0 heterocycles. The number of alkyl halides is 5. The SMILES string of the molecule is COc1ccc(-c2ccc(C(F)(F)F)cc2)cc1C(F)F. The molecule has 0 atom stereocenters. The topological polar surface area (TPSA) is 9.23 Å². The minimum absolute atomic E-state index is 0.0423. The minimum Gasteiger partial charge on any atom is -0.496 e. The van der Waals surface area contributed by atoms with E-state index in [4.69, 9.17) is 4.74 Å². The van der Waals surface area contributed by atoms with Gasteiger partial charge in [-0.3, -0.25) is 0 Å². The zero-order valence-corrected chi connectivity index (χ0v) is 10.9. The summed E-state index contributed by atoms with van der Waals surface area (Å²) in [5.74, 6) is 0.0423. The van der Waals surface area contributed by atoms with Crippen molar-refractivity contribution in [3.8, 4) is 16.9 Å². The second-order valence-corrected chi connectivity index (χ2v) is 4.33. The van der Waals surface area contributed by atoms with E-state index in [1.807, 2.05) is 0 Å². The van der Waals surface area contributed by atoms with E-state index in [0.717, 1.165) is 12.1 Å². The number of rotatable bonds is 3. The highest BCUT2D eigenvalue weighted by molar-refractivity contribution is 5.66. The number of hydrogen-bond acceptors (Lipinski definition) is 1. The molecular weight excluding hydrogens is 291 g/mol. The number of hydrogen-bond donors (Lipinski definition) is 0. The van der Waals surface area contributed by atoms with Crippen LogP contribution in [-0.2, 0) is 6.18 Å². The van der Waals surface area contributed by atoms with Gasteiger partial charge in [-0.05, 0) is 35.4 Å². The van der Waals surface area contributed by atoms with Gasteiger partial charge in [0, 0.05) is 0 Å². The highest BCUT2D eigenvalue weighted by atomic mass is 19.4. The highest BCUT2D eigenvalue weighted by Crippen LogP contribution is 2.35. The molecule has 0 saturated heterocycles. The fraction of sp³-hybridized carbons (Fsp3) is 0.200. The zero-order chi connectivity index (χ0) is 15.6. The van der Waals surface area contributed by atoms with Gasteiger partial charge in [0.1, 0.15) is 5.75 Å². The van der Waals surface area contributed by atoms with Crippen LogP contribution in [-0.4, -0.2) is 7.11 Å². The van der Waals surface area contributed by atoms with Crippen molar-refractivity contribution in [1.82, 2.24) is 0 Å². The van der Waals surface area contributed by atoms with Gasteiger partial charge in [0.15, 0.2) is 0 Å². The van der Waals surface area contributed by atoms with E-state index in [-0.39, 0.29) is 11.3 Å². The summed E-state index contributed by atoms with van der Waals surface area (Å²) < 4.78 is 68.1. The largest absolute Gasteiger partial charge is 0.496 e. The van der Waals surface area contributed by atoms with E-state index >= 15 is 0 Å². The normalized spacial score (nSPS) is 11.8. The van der Waals surface area contributed by atoms with Crippen LogP contribution >= 0.6 is 0 Å². The van der Waals surface area contributed by atoms with E-state index in [2.05, 4.69) is 0 Å². The lowest BCUT2D eigenvalue weighted by Crippen LogP contribution is -2.04. The summed E-state index contributed by atoms with van der Waals surface area (Å²) in [6.45, 7) is 0. The maximum atomic E-state index is 12.9. The quantitative estimate of drug-likeness (QED) is 0.697.